The molecule has 4 nitrogen and oxygen atoms in total. The average Bonchev–Trinajstić information content (AvgIpc) is 2.96. The van der Waals surface area contributed by atoms with Gasteiger partial charge in [-0.05, 0) is 31.6 Å². The van der Waals surface area contributed by atoms with Crippen molar-refractivity contribution in [2.75, 3.05) is 25.0 Å². The predicted molar refractivity (Wildman–Crippen MR) is 82.1 cm³/mol. The van der Waals surface area contributed by atoms with Gasteiger partial charge in [-0.3, -0.25) is 0 Å². The Morgan fingerprint density at radius 2 is 1.95 bits per heavy atom. The van der Waals surface area contributed by atoms with Gasteiger partial charge in [0, 0.05) is 25.7 Å². The maximum atomic E-state index is 6.09. The summed E-state index contributed by atoms with van der Waals surface area (Å²) in [5.74, 6) is 1.73. The van der Waals surface area contributed by atoms with Gasteiger partial charge in [0.25, 0.3) is 0 Å². The first-order chi connectivity index (χ1) is 9.81. The number of nitrogens with zero attached hydrogens (tertiary/aromatic N) is 3. The number of aromatic nitrogens is 2. The third-order valence-electron chi connectivity index (χ3n) is 4.59. The van der Waals surface area contributed by atoms with Crippen molar-refractivity contribution < 1.29 is 0 Å². The molecule has 1 aromatic heterocycles. The molecule has 3 rings (SSSR count). The molecule has 0 radical (unpaired) electrons. The van der Waals surface area contributed by atoms with Gasteiger partial charge in [-0.15, -0.1) is 0 Å². The van der Waals surface area contributed by atoms with Gasteiger partial charge in [0.15, 0.2) is 0 Å². The minimum absolute atomic E-state index is 0.488. The lowest BCUT2D eigenvalue weighted by Gasteiger charge is -2.34. The van der Waals surface area contributed by atoms with Crippen molar-refractivity contribution in [1.82, 2.24) is 14.9 Å². The Morgan fingerprint density at radius 3 is 2.65 bits per heavy atom. The quantitative estimate of drug-likeness (QED) is 0.926. The number of anilines is 1. The smallest absolute Gasteiger partial charge is 0.148 e. The molecule has 2 aliphatic rings. The minimum Gasteiger partial charge on any atom is -0.366 e. The molecule has 0 aromatic carbocycles. The summed E-state index contributed by atoms with van der Waals surface area (Å²) in [5.41, 5.74) is 0. The topological polar surface area (TPSA) is 41.1 Å². The molecule has 110 valence electrons. The monoisotopic (exact) mass is 294 g/mol. The highest BCUT2D eigenvalue weighted by Crippen LogP contribution is 2.27. The summed E-state index contributed by atoms with van der Waals surface area (Å²) in [4.78, 5) is 10.8. The van der Waals surface area contributed by atoms with Crippen molar-refractivity contribution in [2.24, 2.45) is 5.92 Å². The first-order valence-corrected chi connectivity index (χ1v) is 8.13. The zero-order valence-electron chi connectivity index (χ0n) is 11.9. The molecule has 1 aliphatic carbocycles. The number of nitrogens with one attached hydrogen (secondary N) is 1. The summed E-state index contributed by atoms with van der Waals surface area (Å²) >= 11 is 6.09. The Kier molecular flexibility index (Phi) is 4.73. The highest BCUT2D eigenvalue weighted by atomic mass is 35.5. The average molecular weight is 295 g/mol. The molecule has 0 amide bonds. The molecular weight excluding hydrogens is 272 g/mol. The van der Waals surface area contributed by atoms with Crippen molar-refractivity contribution in [3.8, 4) is 0 Å². The molecular formula is C15H23ClN4. The van der Waals surface area contributed by atoms with E-state index in [1.807, 2.05) is 0 Å². The summed E-state index contributed by atoms with van der Waals surface area (Å²) in [6.45, 7) is 3.69. The summed E-state index contributed by atoms with van der Waals surface area (Å²) in [6.07, 6.45) is 11.3. The molecule has 1 aliphatic heterocycles. The Labute approximate surface area is 125 Å². The Hall–Kier alpha value is -0.870. The lowest BCUT2D eigenvalue weighted by atomic mass is 10.0. The maximum Gasteiger partial charge on any atom is 0.148 e. The van der Waals surface area contributed by atoms with E-state index in [1.54, 1.807) is 12.5 Å². The molecule has 0 spiro atoms. The van der Waals surface area contributed by atoms with Crippen LogP contribution in [0.4, 0.5) is 5.82 Å². The first kappa shape index (κ1) is 14.1. The van der Waals surface area contributed by atoms with Gasteiger partial charge in [0.05, 0.1) is 6.20 Å². The first-order valence-electron chi connectivity index (χ1n) is 7.75. The standard InChI is InChI=1S/C15H23ClN4/c16-14-9-17-11-18-15(14)19-13-5-7-20(8-6-13)10-12-3-1-2-4-12/h9,11-13H,1-8,10H2,(H,17,18,19). The molecule has 5 heteroatoms. The fourth-order valence-corrected chi connectivity index (χ4v) is 3.59. The van der Waals surface area contributed by atoms with Crippen LogP contribution in [0.3, 0.4) is 0 Å². The highest BCUT2D eigenvalue weighted by Gasteiger charge is 2.23. The van der Waals surface area contributed by atoms with Crippen LogP contribution in [-0.2, 0) is 0 Å². The minimum atomic E-state index is 0.488. The second kappa shape index (κ2) is 6.72. The maximum absolute atomic E-state index is 6.09. The lowest BCUT2D eigenvalue weighted by Crippen LogP contribution is -2.41. The van der Waals surface area contributed by atoms with E-state index in [1.165, 1.54) is 58.2 Å². The van der Waals surface area contributed by atoms with Crippen molar-refractivity contribution >= 4 is 17.4 Å². The molecule has 0 bridgehead atoms. The van der Waals surface area contributed by atoms with Crippen LogP contribution >= 0.6 is 11.6 Å². The molecule has 1 aromatic rings. The van der Waals surface area contributed by atoms with Gasteiger partial charge >= 0.3 is 0 Å². The van der Waals surface area contributed by atoms with Crippen molar-refractivity contribution in [3.63, 3.8) is 0 Å². The van der Waals surface area contributed by atoms with E-state index < -0.39 is 0 Å². The van der Waals surface area contributed by atoms with E-state index in [0.29, 0.717) is 11.1 Å². The van der Waals surface area contributed by atoms with E-state index in [2.05, 4.69) is 20.2 Å². The van der Waals surface area contributed by atoms with Crippen LogP contribution in [0.5, 0.6) is 0 Å². The van der Waals surface area contributed by atoms with Gasteiger partial charge in [-0.2, -0.15) is 0 Å². The molecule has 2 heterocycles. The van der Waals surface area contributed by atoms with E-state index in [0.717, 1.165) is 11.7 Å². The second-order valence-electron chi connectivity index (χ2n) is 6.09. The lowest BCUT2D eigenvalue weighted by molar-refractivity contribution is 0.189. The molecule has 2 fully saturated rings. The Bertz CT molecular complexity index is 426. The fourth-order valence-electron chi connectivity index (χ4n) is 3.43. The van der Waals surface area contributed by atoms with Crippen LogP contribution in [0.15, 0.2) is 12.5 Å². The van der Waals surface area contributed by atoms with Gasteiger partial charge < -0.3 is 10.2 Å². The number of hydrogen-bond donors (Lipinski definition) is 1. The predicted octanol–water partition coefficient (Wildman–Crippen LogP) is 3.20. The van der Waals surface area contributed by atoms with Crippen LogP contribution in [0.1, 0.15) is 38.5 Å². The number of piperidine rings is 1. The van der Waals surface area contributed by atoms with Gasteiger partial charge in [0.1, 0.15) is 17.2 Å². The Morgan fingerprint density at radius 1 is 1.20 bits per heavy atom. The SMILES string of the molecule is Clc1cncnc1NC1CCN(CC2CCCC2)CC1. The van der Waals surface area contributed by atoms with E-state index in [4.69, 9.17) is 11.6 Å². The molecule has 1 saturated heterocycles. The summed E-state index contributed by atoms with van der Waals surface area (Å²) in [7, 11) is 0. The third kappa shape index (κ3) is 3.61. The summed E-state index contributed by atoms with van der Waals surface area (Å²) < 4.78 is 0. The normalized spacial score (nSPS) is 22.2. The molecule has 1 saturated carbocycles. The van der Waals surface area contributed by atoms with Crippen LogP contribution in [0.2, 0.25) is 5.02 Å². The van der Waals surface area contributed by atoms with Crippen LogP contribution < -0.4 is 5.32 Å². The summed E-state index contributed by atoms with van der Waals surface area (Å²) in [5, 5.41) is 4.07. The van der Waals surface area contributed by atoms with E-state index in [9.17, 15) is 0 Å². The van der Waals surface area contributed by atoms with Crippen LogP contribution in [-0.4, -0.2) is 40.5 Å². The zero-order valence-corrected chi connectivity index (χ0v) is 12.6. The van der Waals surface area contributed by atoms with E-state index in [-0.39, 0.29) is 0 Å². The Balaban J connectivity index is 1.45. The number of rotatable bonds is 4. The third-order valence-corrected chi connectivity index (χ3v) is 4.86. The van der Waals surface area contributed by atoms with Crippen molar-refractivity contribution in [2.45, 2.75) is 44.6 Å². The number of likely N-dealkylation sites (tertiary alicyclic amines) is 1. The molecule has 1 N–H and O–H groups in total. The number of hydrogen-bond acceptors (Lipinski definition) is 4. The van der Waals surface area contributed by atoms with Gasteiger partial charge in [-0.25, -0.2) is 9.97 Å². The molecule has 0 unspecified atom stereocenters. The second-order valence-corrected chi connectivity index (χ2v) is 6.50. The molecule has 0 atom stereocenters. The van der Waals surface area contributed by atoms with Crippen molar-refractivity contribution in [1.29, 1.82) is 0 Å². The van der Waals surface area contributed by atoms with Crippen LogP contribution in [0, 0.1) is 5.92 Å². The zero-order chi connectivity index (χ0) is 13.8. The van der Waals surface area contributed by atoms with Gasteiger partial charge in [0.2, 0.25) is 0 Å². The van der Waals surface area contributed by atoms with E-state index >= 15 is 0 Å². The summed E-state index contributed by atoms with van der Waals surface area (Å²) in [6, 6.07) is 0.488. The highest BCUT2D eigenvalue weighted by molar-refractivity contribution is 6.32. The fraction of sp³-hybridized carbons (Fsp3) is 0.733. The number of halogens is 1. The van der Waals surface area contributed by atoms with Crippen LogP contribution in [0.25, 0.3) is 0 Å². The molecule has 20 heavy (non-hydrogen) atoms. The largest absolute Gasteiger partial charge is 0.366 e. The van der Waals surface area contributed by atoms with Gasteiger partial charge in [-0.1, -0.05) is 24.4 Å². The van der Waals surface area contributed by atoms with Crippen molar-refractivity contribution in [3.05, 3.63) is 17.5 Å².